The monoisotopic (exact) mass is 229 g/mol. The minimum absolute atomic E-state index is 0.437. The van der Waals surface area contributed by atoms with Crippen molar-refractivity contribution >= 4 is 11.7 Å². The highest BCUT2D eigenvalue weighted by molar-refractivity contribution is 5.62. The average molecular weight is 229 g/mol. The molecule has 1 aromatic carbocycles. The van der Waals surface area contributed by atoms with Crippen molar-refractivity contribution in [2.24, 2.45) is 4.99 Å². The van der Waals surface area contributed by atoms with Crippen LogP contribution in [-0.2, 0) is 10.3 Å². The quantitative estimate of drug-likeness (QED) is 0.552. The lowest BCUT2D eigenvalue weighted by atomic mass is 9.84. The zero-order valence-electron chi connectivity index (χ0n) is 10.8. The Morgan fingerprint density at radius 3 is 2.53 bits per heavy atom. The van der Waals surface area contributed by atoms with Gasteiger partial charge in [0.2, 0.25) is 6.08 Å². The van der Waals surface area contributed by atoms with Gasteiger partial charge in [0.05, 0.1) is 5.54 Å². The van der Waals surface area contributed by atoms with Gasteiger partial charge in [0, 0.05) is 0 Å². The molecule has 0 aliphatic carbocycles. The smallest absolute Gasteiger partial charge is 0.211 e. The van der Waals surface area contributed by atoms with Crippen LogP contribution in [0.5, 0.6) is 0 Å². The summed E-state index contributed by atoms with van der Waals surface area (Å²) in [6, 6.07) is 8.09. The first-order valence-electron chi connectivity index (χ1n) is 5.95. The van der Waals surface area contributed by atoms with E-state index >= 15 is 0 Å². The van der Waals surface area contributed by atoms with Crippen LogP contribution in [0.3, 0.4) is 0 Å². The van der Waals surface area contributed by atoms with Gasteiger partial charge in [0.15, 0.2) is 0 Å². The minimum atomic E-state index is -0.437. The SMILES string of the molecule is C=C(C)c1cccc(C(CC)(CC)N=C=O)c1. The van der Waals surface area contributed by atoms with Crippen LogP contribution in [0.2, 0.25) is 0 Å². The minimum Gasteiger partial charge on any atom is -0.211 e. The zero-order valence-corrected chi connectivity index (χ0v) is 10.8. The van der Waals surface area contributed by atoms with Gasteiger partial charge >= 0.3 is 0 Å². The fraction of sp³-hybridized carbons (Fsp3) is 0.400. The van der Waals surface area contributed by atoms with E-state index < -0.39 is 5.54 Å². The van der Waals surface area contributed by atoms with Crippen LogP contribution in [0.25, 0.3) is 5.57 Å². The van der Waals surface area contributed by atoms with Crippen molar-refractivity contribution in [2.75, 3.05) is 0 Å². The van der Waals surface area contributed by atoms with Crippen molar-refractivity contribution in [3.8, 4) is 0 Å². The standard InChI is InChI=1S/C15H19NO/c1-5-15(6-2,16-11-17)14-9-7-8-13(10-14)12(3)4/h7-10H,3,5-6H2,1-2,4H3. The molecule has 0 saturated carbocycles. The lowest BCUT2D eigenvalue weighted by Crippen LogP contribution is -2.21. The first-order valence-corrected chi connectivity index (χ1v) is 5.95. The van der Waals surface area contributed by atoms with Crippen molar-refractivity contribution in [3.63, 3.8) is 0 Å². The number of nitrogens with zero attached hydrogens (tertiary/aromatic N) is 1. The summed E-state index contributed by atoms with van der Waals surface area (Å²) in [6.45, 7) is 9.99. The van der Waals surface area contributed by atoms with E-state index in [0.717, 1.165) is 29.5 Å². The molecule has 2 nitrogen and oxygen atoms in total. The Labute approximate surface area is 103 Å². The van der Waals surface area contributed by atoms with Gasteiger partial charge in [-0.05, 0) is 37.0 Å². The fourth-order valence-electron chi connectivity index (χ4n) is 2.04. The molecule has 1 aromatic rings. The summed E-state index contributed by atoms with van der Waals surface area (Å²) in [5.41, 5.74) is 2.73. The van der Waals surface area contributed by atoms with E-state index in [-0.39, 0.29) is 0 Å². The van der Waals surface area contributed by atoms with Crippen LogP contribution in [0.1, 0.15) is 44.7 Å². The van der Waals surface area contributed by atoms with E-state index in [2.05, 4.69) is 17.6 Å². The van der Waals surface area contributed by atoms with Gasteiger partial charge in [-0.1, -0.05) is 44.2 Å². The first kappa shape index (κ1) is 13.4. The fourth-order valence-corrected chi connectivity index (χ4v) is 2.04. The van der Waals surface area contributed by atoms with Gasteiger partial charge in [-0.15, -0.1) is 0 Å². The predicted octanol–water partition coefficient (Wildman–Crippen LogP) is 4.07. The number of isocyanates is 1. The molecule has 0 N–H and O–H groups in total. The summed E-state index contributed by atoms with van der Waals surface area (Å²) in [6.07, 6.45) is 3.29. The Bertz CT molecular complexity index is 452. The summed E-state index contributed by atoms with van der Waals surface area (Å²) in [5.74, 6) is 0. The number of aliphatic imine (C=N–C) groups is 1. The second-order valence-electron chi connectivity index (χ2n) is 4.30. The van der Waals surface area contributed by atoms with Crippen LogP contribution in [0.15, 0.2) is 35.8 Å². The first-order chi connectivity index (χ1) is 8.09. The number of allylic oxidation sites excluding steroid dienone is 1. The molecule has 17 heavy (non-hydrogen) atoms. The van der Waals surface area contributed by atoms with Crippen molar-refractivity contribution in [3.05, 3.63) is 42.0 Å². The van der Waals surface area contributed by atoms with Crippen molar-refractivity contribution in [1.29, 1.82) is 0 Å². The molecule has 2 heteroatoms. The van der Waals surface area contributed by atoms with Gasteiger partial charge in [-0.2, -0.15) is 4.99 Å². The molecule has 0 fully saturated rings. The van der Waals surface area contributed by atoms with E-state index in [9.17, 15) is 4.79 Å². The molecule has 0 aliphatic rings. The van der Waals surface area contributed by atoms with Crippen molar-refractivity contribution < 1.29 is 4.79 Å². The summed E-state index contributed by atoms with van der Waals surface area (Å²) >= 11 is 0. The summed E-state index contributed by atoms with van der Waals surface area (Å²) in [7, 11) is 0. The maximum absolute atomic E-state index is 10.6. The zero-order chi connectivity index (χ0) is 12.9. The molecular weight excluding hydrogens is 210 g/mol. The predicted molar refractivity (Wildman–Crippen MR) is 71.5 cm³/mol. The van der Waals surface area contributed by atoms with E-state index in [4.69, 9.17) is 0 Å². The second-order valence-corrected chi connectivity index (χ2v) is 4.30. The Hall–Kier alpha value is -1.66. The van der Waals surface area contributed by atoms with E-state index in [1.54, 1.807) is 6.08 Å². The van der Waals surface area contributed by atoms with Crippen LogP contribution in [0, 0.1) is 0 Å². The summed E-state index contributed by atoms with van der Waals surface area (Å²) in [4.78, 5) is 14.6. The maximum Gasteiger partial charge on any atom is 0.235 e. The van der Waals surface area contributed by atoms with E-state index in [1.807, 2.05) is 39.0 Å². The number of carbonyl (C=O) groups excluding carboxylic acids is 1. The van der Waals surface area contributed by atoms with Crippen LogP contribution < -0.4 is 0 Å². The average Bonchev–Trinajstić information content (AvgIpc) is 2.36. The molecule has 0 aliphatic heterocycles. The molecule has 0 aromatic heterocycles. The molecule has 0 unspecified atom stereocenters. The highest BCUT2D eigenvalue weighted by Gasteiger charge is 2.27. The van der Waals surface area contributed by atoms with Crippen LogP contribution in [-0.4, -0.2) is 6.08 Å². The number of rotatable bonds is 5. The third kappa shape index (κ3) is 2.72. The van der Waals surface area contributed by atoms with Gasteiger partial charge in [-0.25, -0.2) is 4.79 Å². The molecule has 0 radical (unpaired) electrons. The summed E-state index contributed by atoms with van der Waals surface area (Å²) in [5, 5.41) is 0. The van der Waals surface area contributed by atoms with Crippen LogP contribution >= 0.6 is 0 Å². The molecule has 0 heterocycles. The van der Waals surface area contributed by atoms with E-state index in [0.29, 0.717) is 0 Å². The molecule has 0 saturated heterocycles. The number of hydrogen-bond donors (Lipinski definition) is 0. The van der Waals surface area contributed by atoms with Gasteiger partial charge < -0.3 is 0 Å². The Kier molecular flexibility index (Phi) is 4.42. The molecule has 90 valence electrons. The topological polar surface area (TPSA) is 29.4 Å². The largest absolute Gasteiger partial charge is 0.235 e. The van der Waals surface area contributed by atoms with E-state index in [1.165, 1.54) is 0 Å². The van der Waals surface area contributed by atoms with Gasteiger partial charge in [0.1, 0.15) is 0 Å². The molecule has 0 atom stereocenters. The number of benzene rings is 1. The second kappa shape index (κ2) is 5.60. The van der Waals surface area contributed by atoms with Crippen LogP contribution in [0.4, 0.5) is 0 Å². The Morgan fingerprint density at radius 2 is 2.06 bits per heavy atom. The molecule has 0 amide bonds. The lowest BCUT2D eigenvalue weighted by molar-refractivity contribution is 0.411. The normalized spacial score (nSPS) is 10.8. The van der Waals surface area contributed by atoms with Crippen molar-refractivity contribution in [1.82, 2.24) is 0 Å². The molecular formula is C15H19NO. The highest BCUT2D eigenvalue weighted by atomic mass is 16.1. The Balaban J connectivity index is 3.32. The molecule has 0 spiro atoms. The third-order valence-electron chi connectivity index (χ3n) is 3.32. The molecule has 1 rings (SSSR count). The highest BCUT2D eigenvalue weighted by Crippen LogP contribution is 2.33. The van der Waals surface area contributed by atoms with Gasteiger partial charge in [0.25, 0.3) is 0 Å². The maximum atomic E-state index is 10.6. The molecule has 0 bridgehead atoms. The summed E-state index contributed by atoms with van der Waals surface area (Å²) < 4.78 is 0. The lowest BCUT2D eigenvalue weighted by Gasteiger charge is -2.26. The van der Waals surface area contributed by atoms with Crippen molar-refractivity contribution in [2.45, 2.75) is 39.2 Å². The Morgan fingerprint density at radius 1 is 1.41 bits per heavy atom. The third-order valence-corrected chi connectivity index (χ3v) is 3.32. The number of hydrogen-bond acceptors (Lipinski definition) is 2. The van der Waals surface area contributed by atoms with Gasteiger partial charge in [-0.3, -0.25) is 0 Å².